The van der Waals surface area contributed by atoms with Gasteiger partial charge in [0.05, 0.1) is 32.8 Å². The van der Waals surface area contributed by atoms with Gasteiger partial charge in [0.25, 0.3) is 11.1 Å². The summed E-state index contributed by atoms with van der Waals surface area (Å²) >= 11 is 0. The van der Waals surface area contributed by atoms with Crippen molar-refractivity contribution in [1.82, 2.24) is 57.7 Å². The van der Waals surface area contributed by atoms with Crippen molar-refractivity contribution in [2.24, 2.45) is 0 Å². The molecule has 6 aromatic heterocycles. The highest BCUT2D eigenvalue weighted by atomic mass is 31.2. The Morgan fingerprint density at radius 3 is 1.19 bits per heavy atom. The van der Waals surface area contributed by atoms with E-state index in [4.69, 9.17) is 77.1 Å². The highest BCUT2D eigenvalue weighted by molar-refractivity contribution is 7.48. The van der Waals surface area contributed by atoms with Crippen LogP contribution in [0.5, 0.6) is 0 Å². The van der Waals surface area contributed by atoms with Gasteiger partial charge in [-0.25, -0.2) is 52.4 Å². The van der Waals surface area contributed by atoms with Gasteiger partial charge in [0.15, 0.2) is 42.6 Å². The molecule has 0 amide bonds. The Morgan fingerprint density at radius 1 is 0.461 bits per heavy atom. The number of aliphatic hydroxyl groups is 6. The van der Waals surface area contributed by atoms with E-state index in [-0.39, 0.29) is 28.6 Å². The van der Waals surface area contributed by atoms with Crippen LogP contribution in [0.4, 0.5) is 17.5 Å². The summed E-state index contributed by atoms with van der Waals surface area (Å²) in [6, 6.07) is 3.81. The lowest BCUT2D eigenvalue weighted by molar-refractivity contribution is -0.0657. The predicted octanol–water partition coefficient (Wildman–Crippen LogP) is -7.49. The molecule has 0 spiro atoms. The average Bonchev–Trinajstić information content (AvgIpc) is 1.64. The van der Waals surface area contributed by atoms with Crippen molar-refractivity contribution in [2.75, 3.05) is 50.2 Å². The second-order valence-electron chi connectivity index (χ2n) is 22.3. The monoisotopic (exact) mass is 1550 g/mol. The van der Waals surface area contributed by atoms with Crippen LogP contribution in [0.3, 0.4) is 0 Å². The van der Waals surface area contributed by atoms with Gasteiger partial charge in [-0.2, -0.15) is 9.97 Å². The first-order chi connectivity index (χ1) is 48.0. The number of H-pyrrole nitrogens is 2. The Morgan fingerprint density at radius 2 is 0.804 bits per heavy atom. The summed E-state index contributed by atoms with van der Waals surface area (Å²) in [7, 11) is -26.5. The molecule has 6 aromatic rings. The largest absolute Gasteiger partial charge is 0.694 e. The van der Waals surface area contributed by atoms with Crippen molar-refractivity contribution in [3.05, 3.63) is 124 Å². The SMILES string of the molecule is Nc1ccn([C@@H]2O[C@H](COP(=O)(O)O[C@H]3[C@@H](O)[C@H](n4ccc(=O)[nH]c4=O)O[C@@H]3CO[P+](=O)O)[C@@H](OP(=O)(O)OC[C@H]3O[C@@H](n4cnc5c(N)ncnc54)[C@H](O)[C@@H]3OP(=O)(O)OC[C@H]3O[C@@H](n4ccc(N)nc4=O)[C@H](O)[C@@H]3OP(=O)(O)OC[C@H]3O[C@@H](n4ccc(=O)[nH]c4=O)[C@H](O)[C@@H]3O)[C@H]2O)c(=O)n1. The first kappa shape index (κ1) is 76.2. The van der Waals surface area contributed by atoms with E-state index in [1.165, 1.54) is 0 Å². The Balaban J connectivity index is 0.811. The molecule has 0 radical (unpaired) electrons. The van der Waals surface area contributed by atoms with Crippen molar-refractivity contribution in [2.45, 2.75) is 123 Å². The van der Waals surface area contributed by atoms with Crippen molar-refractivity contribution < 1.29 is 142 Å². The van der Waals surface area contributed by atoms with Gasteiger partial charge in [-0.15, -0.1) is 9.42 Å². The lowest BCUT2D eigenvalue weighted by atomic mass is 10.1. The number of phosphoric ester groups is 4. The molecule has 0 bridgehead atoms. The van der Waals surface area contributed by atoms with E-state index in [0.29, 0.717) is 18.3 Å². The molecule has 56 heteroatoms. The van der Waals surface area contributed by atoms with E-state index >= 15 is 0 Å². The van der Waals surface area contributed by atoms with Gasteiger partial charge < -0.3 is 91.1 Å². The first-order valence-corrected chi connectivity index (χ1v) is 36.1. The van der Waals surface area contributed by atoms with Crippen molar-refractivity contribution >= 4 is 68.2 Å². The number of fused-ring (bicyclic) bond motifs is 1. The molecular weight excluding hydrogens is 1490 g/mol. The molecule has 5 aliphatic heterocycles. The third-order valence-corrected chi connectivity index (χ3v) is 20.0. The molecule has 51 nitrogen and oxygen atoms in total. The number of nitrogens with zero attached hydrogens (tertiary/aromatic N) is 10. The Bertz CT molecular complexity index is 4680. The number of imidazole rings is 1. The summed E-state index contributed by atoms with van der Waals surface area (Å²) in [6.07, 6.45) is -35.3. The maximum Gasteiger partial charge on any atom is 0.694 e. The number of aromatic nitrogens is 12. The van der Waals surface area contributed by atoms with E-state index in [1.54, 1.807) is 0 Å². The molecular formula is C46H59N15O36P5+. The van der Waals surface area contributed by atoms with E-state index in [1.807, 2.05) is 9.97 Å². The number of nitrogen functional groups attached to an aromatic ring is 3. The summed E-state index contributed by atoms with van der Waals surface area (Å²) in [4.78, 5) is 152. The second-order valence-corrected chi connectivity index (χ2v) is 28.7. The first-order valence-electron chi connectivity index (χ1n) is 29.0. The maximum atomic E-state index is 14.2. The van der Waals surface area contributed by atoms with Crippen molar-refractivity contribution in [1.29, 1.82) is 0 Å². The fourth-order valence-electron chi connectivity index (χ4n) is 11.0. The Labute approximate surface area is 564 Å². The number of rotatable bonds is 28. The van der Waals surface area contributed by atoms with Gasteiger partial charge in [0.2, 0.25) is 0 Å². The molecule has 5 fully saturated rings. The number of anilines is 3. The number of hydrogen-bond acceptors (Lipinski definition) is 39. The van der Waals surface area contributed by atoms with Gasteiger partial charge in [0.1, 0.15) is 122 Å². The molecule has 5 unspecified atom stereocenters. The number of aliphatic hydroxyl groups excluding tert-OH is 6. The standard InChI is InChI=1S/C46H58N15O36P5/c47-21-1-5-57(43(70)53-21)39-29(67)33(95-99(76,77)85-10-16-26(64)27(65)38(89-16)59-7-3-23(62)55-45(59)72)18(91-39)12-87-102(82,83)97-35-20(93-42(31(35)69)61-15-52-25-36(49)50-14-51-37(25)61)13-88-101(80,81)96-34-19(92-40(30(34)68)58-6-2-22(48)54-44(58)71)11-86-100(78,79)94-32-17(9-84-98(74)75)90-41(28(32)66)60-8-4-24(63)56-46(60)73/h1-8,14-20,26-35,38-42,64-69H,9-13H2,(H12-,47,48,49,50,51,53,54,55,56,62,63,70,71,72,73,74,75,76,77,78,79,80,81,82,83)/p+1/t16-,17-,18-,19-,20-,26-,27-,28-,29-,30-,31-,32-,33-,34-,35-,38-,39-,40-,41-,42-/m1/s1. The second kappa shape index (κ2) is 30.3. The van der Waals surface area contributed by atoms with Crippen LogP contribution in [0.25, 0.3) is 11.2 Å². The number of nitrogens with two attached hydrogens (primary N) is 3. The van der Waals surface area contributed by atoms with Crippen LogP contribution in [0.1, 0.15) is 31.1 Å². The van der Waals surface area contributed by atoms with Gasteiger partial charge in [0, 0.05) is 41.5 Å². The summed E-state index contributed by atoms with van der Waals surface area (Å²) in [6.45, 7) is -6.17. The average molecular weight is 1550 g/mol. The number of aromatic amines is 2. The van der Waals surface area contributed by atoms with E-state index in [0.717, 1.165) is 66.3 Å². The van der Waals surface area contributed by atoms with Crippen LogP contribution in [0, 0.1) is 0 Å². The van der Waals surface area contributed by atoms with Crippen LogP contribution >= 0.6 is 39.5 Å². The molecule has 0 aliphatic carbocycles. The zero-order valence-corrected chi connectivity index (χ0v) is 55.4. The molecule has 5 saturated heterocycles. The maximum absolute atomic E-state index is 14.2. The van der Waals surface area contributed by atoms with Gasteiger partial charge in [-0.05, 0) is 12.1 Å². The fourth-order valence-corrected chi connectivity index (χ4v) is 15.2. The highest BCUT2D eigenvalue weighted by Crippen LogP contribution is 2.55. The number of nitrogens with one attached hydrogen (secondary N) is 2. The highest BCUT2D eigenvalue weighted by Gasteiger charge is 2.57. The van der Waals surface area contributed by atoms with E-state index < -0.39 is 229 Å². The van der Waals surface area contributed by atoms with Gasteiger partial charge >= 0.3 is 62.3 Å². The molecule has 11 heterocycles. The molecule has 11 rings (SSSR count). The number of hydrogen-bond donors (Lipinski definition) is 16. The normalized spacial score (nSPS) is 32.9. The molecule has 0 aromatic carbocycles. The molecule has 102 heavy (non-hydrogen) atoms. The summed E-state index contributed by atoms with van der Waals surface area (Å²) in [5.74, 6) is -0.882. The van der Waals surface area contributed by atoms with Gasteiger partial charge in [-0.1, -0.05) is 0 Å². The van der Waals surface area contributed by atoms with Crippen LogP contribution in [0.2, 0.25) is 0 Å². The minimum absolute atomic E-state index is 0.0955. The quantitative estimate of drug-likeness (QED) is 0.0203. The van der Waals surface area contributed by atoms with Crippen LogP contribution < -0.4 is 51.1 Å². The van der Waals surface area contributed by atoms with E-state index in [9.17, 15) is 107 Å². The molecule has 0 saturated carbocycles. The molecule has 558 valence electrons. The topological polar surface area (TPSA) is 738 Å². The van der Waals surface area contributed by atoms with Crippen LogP contribution in [-0.2, 0) is 87.2 Å². The number of phosphoric acid groups is 4. The zero-order chi connectivity index (χ0) is 73.8. The lowest BCUT2D eigenvalue weighted by Gasteiger charge is -2.27. The Kier molecular flexibility index (Phi) is 22.6. The zero-order valence-electron chi connectivity index (χ0n) is 50.9. The number of ether oxygens (including phenoxy) is 5. The van der Waals surface area contributed by atoms with E-state index in [2.05, 4.69) is 29.4 Å². The molecule has 19 N–H and O–H groups in total. The fraction of sp³-hybridized carbons (Fsp3) is 0.543. The predicted molar refractivity (Wildman–Crippen MR) is 322 cm³/mol. The van der Waals surface area contributed by atoms with Gasteiger partial charge in [-0.3, -0.25) is 78.6 Å². The summed E-state index contributed by atoms with van der Waals surface area (Å²) in [5.41, 5.74) is 10.6. The van der Waals surface area contributed by atoms with Crippen molar-refractivity contribution in [3.63, 3.8) is 0 Å². The van der Waals surface area contributed by atoms with Crippen LogP contribution in [0.15, 0.2) is 90.5 Å². The third-order valence-electron chi connectivity index (χ3n) is 15.7. The van der Waals surface area contributed by atoms with Crippen molar-refractivity contribution in [3.8, 4) is 0 Å². The third kappa shape index (κ3) is 16.8. The Hall–Kier alpha value is -6.91. The summed E-state index contributed by atoms with van der Waals surface area (Å²) < 4.78 is 146. The summed E-state index contributed by atoms with van der Waals surface area (Å²) in [5, 5.41) is 67.9. The molecule has 25 atom stereocenters. The minimum atomic E-state index is -5.90. The van der Waals surface area contributed by atoms with Crippen LogP contribution in [-0.4, -0.2) is 237 Å². The lowest BCUT2D eigenvalue weighted by Crippen LogP contribution is -2.39. The smallest absolute Gasteiger partial charge is 0.387 e. The minimum Gasteiger partial charge on any atom is -0.387 e. The molecule has 5 aliphatic rings.